The van der Waals surface area contributed by atoms with Crippen molar-refractivity contribution in [3.63, 3.8) is 0 Å². The van der Waals surface area contributed by atoms with Gasteiger partial charge in [-0.05, 0) is 43.0 Å². The highest BCUT2D eigenvalue weighted by Gasteiger charge is 2.09. The molecule has 0 aliphatic carbocycles. The molecule has 0 aliphatic rings. The minimum Gasteiger partial charge on any atom is -0.493 e. The first-order valence-corrected chi connectivity index (χ1v) is 12.3. The molecule has 0 fully saturated rings. The van der Waals surface area contributed by atoms with Crippen molar-refractivity contribution in [3.8, 4) is 11.5 Å². The molecule has 2 N–H and O–H groups in total. The van der Waals surface area contributed by atoms with Gasteiger partial charge in [0.1, 0.15) is 0 Å². The van der Waals surface area contributed by atoms with Gasteiger partial charge in [-0.1, -0.05) is 58.4 Å². The van der Waals surface area contributed by atoms with Gasteiger partial charge in [0, 0.05) is 25.6 Å². The van der Waals surface area contributed by atoms with Crippen LogP contribution in [0.2, 0.25) is 0 Å². The molecule has 1 aromatic rings. The molecule has 7 nitrogen and oxygen atoms in total. The average molecular weight is 463 g/mol. The summed E-state index contributed by atoms with van der Waals surface area (Å²) >= 11 is 0. The van der Waals surface area contributed by atoms with E-state index in [9.17, 15) is 14.8 Å². The molecule has 0 radical (unpaired) electrons. The van der Waals surface area contributed by atoms with Crippen molar-refractivity contribution < 1.29 is 24.3 Å². The molecule has 33 heavy (non-hydrogen) atoms. The van der Waals surface area contributed by atoms with Crippen LogP contribution in [0.1, 0.15) is 83.6 Å². The Labute approximate surface area is 199 Å². The predicted molar refractivity (Wildman–Crippen MR) is 132 cm³/mol. The molecule has 0 aromatic heterocycles. The van der Waals surface area contributed by atoms with Crippen molar-refractivity contribution >= 4 is 17.9 Å². The number of unbranched alkanes of at least 4 members (excludes halogenated alkanes) is 6. The van der Waals surface area contributed by atoms with Gasteiger partial charge in [0.2, 0.25) is 5.91 Å². The minimum absolute atomic E-state index is 0.0404. The molecule has 7 heteroatoms. The zero-order chi connectivity index (χ0) is 24.3. The molecule has 0 unspecified atom stereocenters. The van der Waals surface area contributed by atoms with Crippen LogP contribution < -0.4 is 14.8 Å². The Morgan fingerprint density at radius 2 is 1.73 bits per heavy atom. The number of hydroxylamine groups is 2. The fourth-order valence-corrected chi connectivity index (χ4v) is 3.22. The summed E-state index contributed by atoms with van der Waals surface area (Å²) in [5.41, 5.74) is 0.760. The van der Waals surface area contributed by atoms with Gasteiger partial charge in [-0.3, -0.25) is 14.8 Å². The highest BCUT2D eigenvalue weighted by molar-refractivity contribution is 5.91. The Kier molecular flexibility index (Phi) is 15.5. The summed E-state index contributed by atoms with van der Waals surface area (Å²) in [6.45, 7) is 5.72. The molecular formula is C26H42N2O5. The van der Waals surface area contributed by atoms with Crippen LogP contribution >= 0.6 is 0 Å². The van der Waals surface area contributed by atoms with Crippen LogP contribution in [-0.4, -0.2) is 48.9 Å². The van der Waals surface area contributed by atoms with Crippen LogP contribution in [0.3, 0.4) is 0 Å². The number of hydrogen-bond acceptors (Lipinski definition) is 5. The second kappa shape index (κ2) is 18.0. The van der Waals surface area contributed by atoms with Crippen LogP contribution in [0, 0.1) is 0 Å². The number of rotatable bonds is 18. The van der Waals surface area contributed by atoms with E-state index in [-0.39, 0.29) is 5.91 Å². The molecule has 186 valence electrons. The molecular weight excluding hydrogens is 420 g/mol. The smallest absolute Gasteiger partial charge is 0.269 e. The number of benzene rings is 1. The molecule has 0 saturated heterocycles. The molecule has 0 saturated carbocycles. The van der Waals surface area contributed by atoms with Crippen molar-refractivity contribution in [1.82, 2.24) is 10.4 Å². The van der Waals surface area contributed by atoms with Crippen molar-refractivity contribution in [1.29, 1.82) is 0 Å². The lowest BCUT2D eigenvalue weighted by atomic mass is 10.1. The third-order valence-corrected chi connectivity index (χ3v) is 5.24. The van der Waals surface area contributed by atoms with Crippen molar-refractivity contribution in [2.24, 2.45) is 0 Å². The van der Waals surface area contributed by atoms with E-state index in [0.717, 1.165) is 42.7 Å². The third-order valence-electron chi connectivity index (χ3n) is 5.24. The maximum atomic E-state index is 12.1. The maximum absolute atomic E-state index is 12.1. The van der Waals surface area contributed by atoms with Crippen molar-refractivity contribution in [2.75, 3.05) is 26.8 Å². The number of nitrogens with one attached hydrogen (secondary N) is 1. The van der Waals surface area contributed by atoms with Crippen LogP contribution in [-0.2, 0) is 9.59 Å². The van der Waals surface area contributed by atoms with Gasteiger partial charge in [-0.25, -0.2) is 5.06 Å². The summed E-state index contributed by atoms with van der Waals surface area (Å²) in [4.78, 5) is 23.9. The molecule has 0 spiro atoms. The van der Waals surface area contributed by atoms with Crippen molar-refractivity contribution in [2.45, 2.75) is 78.1 Å². The molecule has 0 atom stereocenters. The average Bonchev–Trinajstić information content (AvgIpc) is 2.82. The SMILES string of the molecule is CCCCCCCCN(O)C(=O)C=Cc1ccc(OCCCC(=O)NCCCC)c(OC)c1. The number of hydrogen-bond donors (Lipinski definition) is 2. The van der Waals surface area contributed by atoms with Crippen LogP contribution in [0.25, 0.3) is 6.08 Å². The lowest BCUT2D eigenvalue weighted by Crippen LogP contribution is -2.26. The molecule has 0 heterocycles. The van der Waals surface area contributed by atoms with Crippen LogP contribution in [0.15, 0.2) is 24.3 Å². The Hall–Kier alpha value is -2.54. The van der Waals surface area contributed by atoms with Gasteiger partial charge >= 0.3 is 0 Å². The number of carbonyl (C=O) groups excluding carboxylic acids is 2. The van der Waals surface area contributed by atoms with Gasteiger partial charge in [0.05, 0.1) is 13.7 Å². The highest BCUT2D eigenvalue weighted by Crippen LogP contribution is 2.28. The van der Waals surface area contributed by atoms with E-state index < -0.39 is 5.91 Å². The monoisotopic (exact) mass is 462 g/mol. The van der Waals surface area contributed by atoms with Gasteiger partial charge < -0.3 is 14.8 Å². The van der Waals surface area contributed by atoms with Crippen LogP contribution in [0.4, 0.5) is 0 Å². The molecule has 0 bridgehead atoms. The molecule has 1 rings (SSSR count). The number of methoxy groups -OCH3 is 1. The summed E-state index contributed by atoms with van der Waals surface area (Å²) < 4.78 is 11.2. The zero-order valence-corrected chi connectivity index (χ0v) is 20.6. The van der Waals surface area contributed by atoms with Crippen LogP contribution in [0.5, 0.6) is 11.5 Å². The summed E-state index contributed by atoms with van der Waals surface area (Å²) in [6.07, 6.45) is 12.6. The number of amides is 2. The first-order chi connectivity index (χ1) is 16.0. The molecule has 2 amide bonds. The normalized spacial score (nSPS) is 10.9. The Morgan fingerprint density at radius 3 is 2.45 bits per heavy atom. The van der Waals surface area contributed by atoms with E-state index in [0.29, 0.717) is 44.0 Å². The Bertz CT molecular complexity index is 721. The lowest BCUT2D eigenvalue weighted by Gasteiger charge is -2.13. The Morgan fingerprint density at radius 1 is 1.00 bits per heavy atom. The van der Waals surface area contributed by atoms with E-state index >= 15 is 0 Å². The standard InChI is InChI=1S/C26H42N2O5/c1-4-6-8-9-10-11-19-28(31)26(30)17-15-22-14-16-23(24(21-22)32-3)33-20-12-13-25(29)27-18-7-5-2/h14-17,21,31H,4-13,18-20H2,1-3H3,(H,27,29). The number of ether oxygens (including phenoxy) is 2. The van der Waals surface area contributed by atoms with E-state index in [1.54, 1.807) is 25.3 Å². The van der Waals surface area contributed by atoms with Gasteiger partial charge in [-0.15, -0.1) is 0 Å². The predicted octanol–water partition coefficient (Wildman–Crippen LogP) is 5.36. The van der Waals surface area contributed by atoms with E-state index in [4.69, 9.17) is 9.47 Å². The zero-order valence-electron chi connectivity index (χ0n) is 20.6. The van der Waals surface area contributed by atoms with Gasteiger partial charge in [-0.2, -0.15) is 0 Å². The summed E-state index contributed by atoms with van der Waals surface area (Å²) in [5.74, 6) is 0.725. The largest absolute Gasteiger partial charge is 0.493 e. The Balaban J connectivity index is 2.43. The number of nitrogens with zero attached hydrogens (tertiary/aromatic N) is 1. The van der Waals surface area contributed by atoms with E-state index in [1.165, 1.54) is 25.3 Å². The highest BCUT2D eigenvalue weighted by atomic mass is 16.5. The maximum Gasteiger partial charge on any atom is 0.269 e. The first kappa shape index (κ1) is 28.5. The second-order valence-corrected chi connectivity index (χ2v) is 8.13. The minimum atomic E-state index is -0.444. The summed E-state index contributed by atoms with van der Waals surface area (Å²) in [6, 6.07) is 5.36. The second-order valence-electron chi connectivity index (χ2n) is 8.13. The third kappa shape index (κ3) is 12.9. The van der Waals surface area contributed by atoms with E-state index in [1.807, 2.05) is 6.07 Å². The first-order valence-electron chi connectivity index (χ1n) is 12.3. The number of carbonyl (C=O) groups is 2. The van der Waals surface area contributed by atoms with E-state index in [2.05, 4.69) is 19.2 Å². The fourth-order valence-electron chi connectivity index (χ4n) is 3.22. The van der Waals surface area contributed by atoms with Gasteiger partial charge in [0.25, 0.3) is 5.91 Å². The van der Waals surface area contributed by atoms with Gasteiger partial charge in [0.15, 0.2) is 11.5 Å². The summed E-state index contributed by atoms with van der Waals surface area (Å²) in [7, 11) is 1.55. The quantitative estimate of drug-likeness (QED) is 0.133. The van der Waals surface area contributed by atoms with Crippen molar-refractivity contribution in [3.05, 3.63) is 29.8 Å². The lowest BCUT2D eigenvalue weighted by molar-refractivity contribution is -0.159. The topological polar surface area (TPSA) is 88.1 Å². The summed E-state index contributed by atoms with van der Waals surface area (Å²) in [5, 5.41) is 13.6. The molecule has 1 aromatic carbocycles. The fraction of sp³-hybridized carbons (Fsp3) is 0.615. The molecule has 0 aliphatic heterocycles.